The lowest BCUT2D eigenvalue weighted by atomic mass is 9.95. The number of halogens is 1. The van der Waals surface area contributed by atoms with Crippen LogP contribution in [0, 0.1) is 0 Å². The van der Waals surface area contributed by atoms with Crippen LogP contribution >= 0.6 is 11.6 Å². The Bertz CT molecular complexity index is 688. The number of ether oxygens (including phenoxy) is 1. The highest BCUT2D eigenvalue weighted by atomic mass is 35.5. The molecule has 0 aromatic heterocycles. The van der Waals surface area contributed by atoms with Gasteiger partial charge in [-0.05, 0) is 44.0 Å². The van der Waals surface area contributed by atoms with Crippen LogP contribution in [-0.4, -0.2) is 51.0 Å². The lowest BCUT2D eigenvalue weighted by Crippen LogP contribution is -2.49. The van der Waals surface area contributed by atoms with E-state index in [0.29, 0.717) is 11.6 Å². The Hall–Kier alpha value is -1.15. The number of methoxy groups -OCH3 is 1. The number of rotatable bonds is 8. The van der Waals surface area contributed by atoms with E-state index >= 15 is 0 Å². The second-order valence-corrected chi connectivity index (χ2v) is 9.05. The molecule has 1 aliphatic rings. The molecule has 1 amide bonds. The number of benzene rings is 1. The van der Waals surface area contributed by atoms with E-state index < -0.39 is 10.0 Å². The number of nitrogens with zero attached hydrogens (tertiary/aromatic N) is 1. The van der Waals surface area contributed by atoms with Crippen molar-refractivity contribution in [3.63, 3.8) is 0 Å². The highest BCUT2D eigenvalue weighted by molar-refractivity contribution is 7.89. The predicted octanol–water partition coefficient (Wildman–Crippen LogP) is 2.81. The molecule has 0 spiro atoms. The predicted molar refractivity (Wildman–Crippen MR) is 102 cm³/mol. The molecule has 1 aliphatic carbocycles. The lowest BCUT2D eigenvalue weighted by molar-refractivity contribution is -0.122. The summed E-state index contributed by atoms with van der Waals surface area (Å²) in [5.41, 5.74) is 0. The van der Waals surface area contributed by atoms with Gasteiger partial charge in [0.15, 0.2) is 0 Å². The topological polar surface area (TPSA) is 75.7 Å². The van der Waals surface area contributed by atoms with Gasteiger partial charge in [0.1, 0.15) is 0 Å². The minimum Gasteiger partial charge on any atom is -0.383 e. The molecular formula is C18H27ClN2O4S. The van der Waals surface area contributed by atoms with Crippen LogP contribution in [0.25, 0.3) is 0 Å². The Morgan fingerprint density at radius 3 is 2.46 bits per heavy atom. The molecule has 1 fully saturated rings. The molecule has 1 aromatic carbocycles. The van der Waals surface area contributed by atoms with Gasteiger partial charge in [0, 0.05) is 24.2 Å². The molecule has 146 valence electrons. The number of hydrogen-bond acceptors (Lipinski definition) is 4. The van der Waals surface area contributed by atoms with Crippen molar-refractivity contribution in [1.82, 2.24) is 9.62 Å². The first-order chi connectivity index (χ1) is 12.3. The summed E-state index contributed by atoms with van der Waals surface area (Å²) >= 11 is 5.88. The van der Waals surface area contributed by atoms with Gasteiger partial charge >= 0.3 is 0 Å². The zero-order valence-corrected chi connectivity index (χ0v) is 16.9. The Kier molecular flexibility index (Phi) is 7.88. The molecule has 0 bridgehead atoms. The average Bonchev–Trinajstić information content (AvgIpc) is 2.61. The van der Waals surface area contributed by atoms with Gasteiger partial charge in [-0.2, -0.15) is 4.31 Å². The molecule has 0 unspecified atom stereocenters. The first-order valence-electron chi connectivity index (χ1n) is 8.90. The Labute approximate surface area is 160 Å². The maximum absolute atomic E-state index is 13.2. The van der Waals surface area contributed by atoms with Gasteiger partial charge in [-0.25, -0.2) is 8.42 Å². The summed E-state index contributed by atoms with van der Waals surface area (Å²) in [6.45, 7) is 2.00. The zero-order valence-electron chi connectivity index (χ0n) is 15.3. The number of carbonyl (C=O) groups is 1. The fraction of sp³-hybridized carbons (Fsp3) is 0.611. The van der Waals surface area contributed by atoms with E-state index in [4.69, 9.17) is 16.3 Å². The second-order valence-electron chi connectivity index (χ2n) is 6.72. The van der Waals surface area contributed by atoms with Crippen molar-refractivity contribution in [1.29, 1.82) is 0 Å². The van der Waals surface area contributed by atoms with Crippen molar-refractivity contribution in [3.8, 4) is 0 Å². The van der Waals surface area contributed by atoms with Crippen LogP contribution in [0.3, 0.4) is 0 Å². The quantitative estimate of drug-likeness (QED) is 0.725. The molecule has 1 saturated carbocycles. The normalized spacial score (nSPS) is 17.2. The second kappa shape index (κ2) is 9.69. The highest BCUT2D eigenvalue weighted by Crippen LogP contribution is 2.28. The third-order valence-electron chi connectivity index (χ3n) is 4.53. The van der Waals surface area contributed by atoms with Crippen molar-refractivity contribution in [2.45, 2.75) is 56.0 Å². The molecule has 26 heavy (non-hydrogen) atoms. The van der Waals surface area contributed by atoms with E-state index in [0.717, 1.165) is 32.1 Å². The van der Waals surface area contributed by atoms with Gasteiger partial charge in [-0.3, -0.25) is 4.79 Å². The summed E-state index contributed by atoms with van der Waals surface area (Å²) in [4.78, 5) is 12.6. The summed E-state index contributed by atoms with van der Waals surface area (Å²) in [7, 11) is -2.22. The van der Waals surface area contributed by atoms with E-state index in [1.807, 2.05) is 6.92 Å². The molecule has 0 heterocycles. The van der Waals surface area contributed by atoms with Gasteiger partial charge in [0.25, 0.3) is 0 Å². The molecule has 0 saturated heterocycles. The van der Waals surface area contributed by atoms with Crippen molar-refractivity contribution < 1.29 is 17.9 Å². The molecule has 1 N–H and O–H groups in total. The van der Waals surface area contributed by atoms with Crippen molar-refractivity contribution in [3.05, 3.63) is 29.3 Å². The van der Waals surface area contributed by atoms with Crippen molar-refractivity contribution in [2.24, 2.45) is 0 Å². The monoisotopic (exact) mass is 402 g/mol. The summed E-state index contributed by atoms with van der Waals surface area (Å²) in [6, 6.07) is 5.73. The molecule has 0 aliphatic heterocycles. The van der Waals surface area contributed by atoms with Gasteiger partial charge < -0.3 is 10.1 Å². The van der Waals surface area contributed by atoms with E-state index in [1.54, 1.807) is 19.2 Å². The van der Waals surface area contributed by atoms with Crippen molar-refractivity contribution in [2.75, 3.05) is 20.3 Å². The summed E-state index contributed by atoms with van der Waals surface area (Å²) in [5, 5.41) is 3.26. The SMILES string of the molecule is COC[C@H](C)NC(=O)CN(C1CCCCC1)S(=O)(=O)c1ccc(Cl)cc1. The van der Waals surface area contributed by atoms with Gasteiger partial charge in [0.2, 0.25) is 15.9 Å². The Morgan fingerprint density at radius 1 is 1.27 bits per heavy atom. The van der Waals surface area contributed by atoms with E-state index in [9.17, 15) is 13.2 Å². The summed E-state index contributed by atoms with van der Waals surface area (Å²) in [6.07, 6.45) is 4.59. The van der Waals surface area contributed by atoms with Crippen LogP contribution in [0.2, 0.25) is 5.02 Å². The summed E-state index contributed by atoms with van der Waals surface area (Å²) in [5.74, 6) is -0.322. The molecule has 1 aromatic rings. The number of amides is 1. The fourth-order valence-corrected chi connectivity index (χ4v) is 5.04. The third kappa shape index (κ3) is 5.67. The minimum absolute atomic E-state index is 0.158. The van der Waals surface area contributed by atoms with Crippen molar-refractivity contribution >= 4 is 27.5 Å². The first kappa shape index (κ1) is 21.2. The maximum Gasteiger partial charge on any atom is 0.243 e. The van der Waals surface area contributed by atoms with Crippen LogP contribution in [0.4, 0.5) is 0 Å². The molecule has 6 nitrogen and oxygen atoms in total. The van der Waals surface area contributed by atoms with Crippen LogP contribution in [0.1, 0.15) is 39.0 Å². The first-order valence-corrected chi connectivity index (χ1v) is 10.7. The van der Waals surface area contributed by atoms with Crippen LogP contribution in [-0.2, 0) is 19.6 Å². The summed E-state index contributed by atoms with van der Waals surface area (Å²) < 4.78 is 32.7. The third-order valence-corrected chi connectivity index (χ3v) is 6.69. The Morgan fingerprint density at radius 2 is 1.88 bits per heavy atom. The van der Waals surface area contributed by atoms with E-state index in [2.05, 4.69) is 5.32 Å². The number of nitrogens with one attached hydrogen (secondary N) is 1. The standard InChI is InChI=1S/C18H27ClN2O4S/c1-14(13-25-2)20-18(22)12-21(16-6-4-3-5-7-16)26(23,24)17-10-8-15(19)9-11-17/h8-11,14,16H,3-7,12-13H2,1-2H3,(H,20,22)/t14-/m0/s1. The number of carbonyl (C=O) groups excluding carboxylic acids is 1. The molecule has 1 atom stereocenters. The van der Waals surface area contributed by atoms with E-state index in [1.165, 1.54) is 16.4 Å². The van der Waals surface area contributed by atoms with Crippen LogP contribution in [0.15, 0.2) is 29.2 Å². The maximum atomic E-state index is 13.2. The largest absolute Gasteiger partial charge is 0.383 e. The average molecular weight is 403 g/mol. The van der Waals surface area contributed by atoms with Crippen LogP contribution in [0.5, 0.6) is 0 Å². The van der Waals surface area contributed by atoms with Gasteiger partial charge in [-0.1, -0.05) is 30.9 Å². The number of sulfonamides is 1. The number of hydrogen-bond donors (Lipinski definition) is 1. The van der Waals surface area contributed by atoms with Gasteiger partial charge in [-0.15, -0.1) is 0 Å². The molecular weight excluding hydrogens is 376 g/mol. The smallest absolute Gasteiger partial charge is 0.243 e. The Balaban J connectivity index is 2.22. The fourth-order valence-electron chi connectivity index (χ4n) is 3.27. The molecule has 0 radical (unpaired) electrons. The molecule has 2 rings (SSSR count). The van der Waals surface area contributed by atoms with E-state index in [-0.39, 0.29) is 29.4 Å². The lowest BCUT2D eigenvalue weighted by Gasteiger charge is -2.33. The zero-order chi connectivity index (χ0) is 19.2. The van der Waals surface area contributed by atoms with Gasteiger partial charge in [0.05, 0.1) is 18.0 Å². The van der Waals surface area contributed by atoms with Crippen LogP contribution < -0.4 is 5.32 Å². The minimum atomic E-state index is -3.78. The highest BCUT2D eigenvalue weighted by Gasteiger charge is 2.34. The molecule has 8 heteroatoms.